The normalized spacial score (nSPS) is 11.9. The molecule has 0 aromatic heterocycles. The summed E-state index contributed by atoms with van der Waals surface area (Å²) in [6, 6.07) is 0. The van der Waals surface area contributed by atoms with Gasteiger partial charge >= 0.3 is 0 Å². The Kier molecular flexibility index (Phi) is 4.13. The van der Waals surface area contributed by atoms with Gasteiger partial charge < -0.3 is 10.2 Å². The van der Waals surface area contributed by atoms with E-state index in [4.69, 9.17) is 10.2 Å². The lowest BCUT2D eigenvalue weighted by atomic mass is 10.2. The van der Waals surface area contributed by atoms with E-state index < -0.39 is 0 Å². The molecule has 0 aromatic carbocycles. The SMILES string of the molecule is CCCCC(O)=CO. The maximum Gasteiger partial charge on any atom is 0.126 e. The number of rotatable bonds is 3. The van der Waals surface area contributed by atoms with Crippen LogP contribution in [-0.2, 0) is 0 Å². The van der Waals surface area contributed by atoms with Crippen molar-refractivity contribution in [2.45, 2.75) is 26.2 Å². The molecule has 0 atom stereocenters. The van der Waals surface area contributed by atoms with Crippen LogP contribution in [0.5, 0.6) is 0 Å². The summed E-state index contributed by atoms with van der Waals surface area (Å²) in [4.78, 5) is 0. The second-order valence-electron chi connectivity index (χ2n) is 1.72. The molecule has 48 valence electrons. The van der Waals surface area contributed by atoms with Crippen LogP contribution >= 0.6 is 0 Å². The fraction of sp³-hybridized carbons (Fsp3) is 0.667. The second kappa shape index (κ2) is 4.50. The molecule has 0 spiro atoms. The quantitative estimate of drug-likeness (QED) is 0.554. The maximum atomic E-state index is 8.60. The number of unbranched alkanes of at least 4 members (excludes halogenated alkanes) is 1. The number of allylic oxidation sites excluding steroid dienone is 1. The second-order valence-corrected chi connectivity index (χ2v) is 1.72. The van der Waals surface area contributed by atoms with Crippen LogP contribution in [0.2, 0.25) is 0 Å². The first-order chi connectivity index (χ1) is 3.81. The molecule has 0 unspecified atom stereocenters. The zero-order chi connectivity index (χ0) is 6.41. The van der Waals surface area contributed by atoms with Gasteiger partial charge in [-0.05, 0) is 6.42 Å². The summed E-state index contributed by atoms with van der Waals surface area (Å²) in [5, 5.41) is 16.7. The topological polar surface area (TPSA) is 40.5 Å². The maximum absolute atomic E-state index is 8.60. The Morgan fingerprint density at radius 2 is 2.25 bits per heavy atom. The van der Waals surface area contributed by atoms with E-state index in [0.29, 0.717) is 6.42 Å². The van der Waals surface area contributed by atoms with Gasteiger partial charge in [0.2, 0.25) is 0 Å². The van der Waals surface area contributed by atoms with Gasteiger partial charge in [-0.3, -0.25) is 0 Å². The zero-order valence-corrected chi connectivity index (χ0v) is 5.09. The van der Waals surface area contributed by atoms with E-state index in [1.807, 2.05) is 6.92 Å². The van der Waals surface area contributed by atoms with Gasteiger partial charge in [0.1, 0.15) is 12.0 Å². The summed E-state index contributed by atoms with van der Waals surface area (Å²) in [6.45, 7) is 2.03. The van der Waals surface area contributed by atoms with Gasteiger partial charge in [-0.2, -0.15) is 0 Å². The van der Waals surface area contributed by atoms with Gasteiger partial charge in [0.05, 0.1) is 0 Å². The van der Waals surface area contributed by atoms with E-state index in [0.717, 1.165) is 19.1 Å². The largest absolute Gasteiger partial charge is 0.512 e. The minimum Gasteiger partial charge on any atom is -0.512 e. The van der Waals surface area contributed by atoms with E-state index in [1.54, 1.807) is 0 Å². The summed E-state index contributed by atoms with van der Waals surface area (Å²) < 4.78 is 0. The summed E-state index contributed by atoms with van der Waals surface area (Å²) in [7, 11) is 0. The molecule has 0 heterocycles. The molecule has 2 N–H and O–H groups in total. The number of aliphatic hydroxyl groups excluding tert-OH is 2. The highest BCUT2D eigenvalue weighted by Crippen LogP contribution is 2.01. The fourth-order valence-corrected chi connectivity index (χ4v) is 0.422. The fourth-order valence-electron chi connectivity index (χ4n) is 0.422. The van der Waals surface area contributed by atoms with E-state index in [1.165, 1.54) is 0 Å². The monoisotopic (exact) mass is 116 g/mol. The third kappa shape index (κ3) is 3.53. The molecule has 0 fully saturated rings. The molecule has 0 aromatic rings. The van der Waals surface area contributed by atoms with Crippen LogP contribution in [0.15, 0.2) is 12.0 Å². The minimum absolute atomic E-state index is 0.0758. The van der Waals surface area contributed by atoms with Crippen LogP contribution in [0.25, 0.3) is 0 Å². The van der Waals surface area contributed by atoms with Crippen LogP contribution in [0.4, 0.5) is 0 Å². The van der Waals surface area contributed by atoms with Crippen LogP contribution < -0.4 is 0 Å². The van der Waals surface area contributed by atoms with Crippen LogP contribution in [-0.4, -0.2) is 10.2 Å². The molecule has 0 aliphatic carbocycles. The Bertz CT molecular complexity index is 76.6. The van der Waals surface area contributed by atoms with E-state index in [2.05, 4.69) is 0 Å². The predicted octanol–water partition coefficient (Wildman–Crippen LogP) is 2.13. The van der Waals surface area contributed by atoms with Crippen molar-refractivity contribution in [2.24, 2.45) is 0 Å². The number of hydrogen-bond donors (Lipinski definition) is 2. The summed E-state index contributed by atoms with van der Waals surface area (Å²) >= 11 is 0. The van der Waals surface area contributed by atoms with Crippen molar-refractivity contribution < 1.29 is 10.2 Å². The molecule has 0 saturated carbocycles. The predicted molar refractivity (Wildman–Crippen MR) is 32.9 cm³/mol. The highest BCUT2D eigenvalue weighted by Gasteiger charge is 1.88. The Balaban J connectivity index is 3.12. The van der Waals surface area contributed by atoms with Crippen molar-refractivity contribution >= 4 is 0 Å². The number of aliphatic hydroxyl groups is 2. The molecule has 0 amide bonds. The summed E-state index contributed by atoms with van der Waals surface area (Å²) in [5.41, 5.74) is 0. The van der Waals surface area contributed by atoms with Gasteiger partial charge in [-0.25, -0.2) is 0 Å². The standard InChI is InChI=1S/C6H12O2/c1-2-3-4-6(8)5-7/h5,7-8H,2-4H2,1H3. The lowest BCUT2D eigenvalue weighted by molar-refractivity contribution is 0.340. The first kappa shape index (κ1) is 7.34. The highest BCUT2D eigenvalue weighted by atomic mass is 16.3. The lowest BCUT2D eigenvalue weighted by Gasteiger charge is -1.92. The first-order valence-corrected chi connectivity index (χ1v) is 2.83. The van der Waals surface area contributed by atoms with Crippen molar-refractivity contribution in [3.8, 4) is 0 Å². The first-order valence-electron chi connectivity index (χ1n) is 2.83. The molecule has 0 rings (SSSR count). The average Bonchev–Trinajstić information content (AvgIpc) is 1.83. The molecule has 2 nitrogen and oxygen atoms in total. The third-order valence-electron chi connectivity index (χ3n) is 0.935. The molecule has 2 heteroatoms. The molecule has 0 aliphatic rings. The molecular weight excluding hydrogens is 104 g/mol. The van der Waals surface area contributed by atoms with Gasteiger partial charge in [-0.15, -0.1) is 0 Å². The summed E-state index contributed by atoms with van der Waals surface area (Å²) in [5.74, 6) is 0.0758. The highest BCUT2D eigenvalue weighted by molar-refractivity contribution is 4.82. The Hall–Kier alpha value is -0.660. The average molecular weight is 116 g/mol. The van der Waals surface area contributed by atoms with Crippen molar-refractivity contribution in [1.82, 2.24) is 0 Å². The molecule has 0 bridgehead atoms. The van der Waals surface area contributed by atoms with Gasteiger partial charge in [0.25, 0.3) is 0 Å². The zero-order valence-electron chi connectivity index (χ0n) is 5.09. The van der Waals surface area contributed by atoms with Crippen molar-refractivity contribution in [1.29, 1.82) is 0 Å². The Morgan fingerprint density at radius 3 is 2.62 bits per heavy atom. The van der Waals surface area contributed by atoms with E-state index >= 15 is 0 Å². The van der Waals surface area contributed by atoms with Crippen molar-refractivity contribution in [3.63, 3.8) is 0 Å². The van der Waals surface area contributed by atoms with Crippen LogP contribution in [0.1, 0.15) is 26.2 Å². The third-order valence-corrected chi connectivity index (χ3v) is 0.935. The molecule has 0 radical (unpaired) electrons. The Labute approximate surface area is 49.5 Å². The van der Waals surface area contributed by atoms with Gasteiger partial charge in [0, 0.05) is 6.42 Å². The molecule has 0 aliphatic heterocycles. The van der Waals surface area contributed by atoms with Crippen LogP contribution in [0, 0.1) is 0 Å². The van der Waals surface area contributed by atoms with Gasteiger partial charge in [-0.1, -0.05) is 13.3 Å². The number of hydrogen-bond acceptors (Lipinski definition) is 2. The van der Waals surface area contributed by atoms with Crippen molar-refractivity contribution in [3.05, 3.63) is 12.0 Å². The smallest absolute Gasteiger partial charge is 0.126 e. The van der Waals surface area contributed by atoms with Crippen LogP contribution in [0.3, 0.4) is 0 Å². The van der Waals surface area contributed by atoms with E-state index in [9.17, 15) is 0 Å². The molecule has 0 saturated heterocycles. The Morgan fingerprint density at radius 1 is 1.62 bits per heavy atom. The summed E-state index contributed by atoms with van der Waals surface area (Å²) in [6.07, 6.45) is 3.31. The van der Waals surface area contributed by atoms with Crippen molar-refractivity contribution in [2.75, 3.05) is 0 Å². The molecule has 8 heavy (non-hydrogen) atoms. The molecular formula is C6H12O2. The lowest BCUT2D eigenvalue weighted by Crippen LogP contribution is -1.79. The van der Waals surface area contributed by atoms with E-state index in [-0.39, 0.29) is 5.76 Å². The van der Waals surface area contributed by atoms with Gasteiger partial charge in [0.15, 0.2) is 0 Å². The minimum atomic E-state index is 0.0758.